The first-order valence-corrected chi connectivity index (χ1v) is 19.0. The summed E-state index contributed by atoms with van der Waals surface area (Å²) in [6.07, 6.45) is 5.04. The van der Waals surface area contributed by atoms with Crippen molar-refractivity contribution < 1.29 is 43.1 Å². The average molecular weight is 690 g/mol. The molecule has 274 valence electrons. The second kappa shape index (κ2) is 20.9. The largest absolute Gasteiger partial charge is 0.389 e. The minimum atomic E-state index is -0.601. The number of hydrogen-bond acceptors (Lipinski definition) is 12. The second-order valence-electron chi connectivity index (χ2n) is 14.1. The maximum absolute atomic E-state index is 12.3. The van der Waals surface area contributed by atoms with E-state index in [9.17, 15) is 9.90 Å². The normalized spacial score (nSPS) is 26.0. The Kier molecular flexibility index (Phi) is 17.5. The fourth-order valence-corrected chi connectivity index (χ4v) is 7.13. The van der Waals surface area contributed by atoms with Gasteiger partial charge in [0.15, 0.2) is 0 Å². The van der Waals surface area contributed by atoms with Gasteiger partial charge in [-0.3, -0.25) is 14.6 Å². The number of epoxide rings is 3. The summed E-state index contributed by atoms with van der Waals surface area (Å²) in [4.78, 5) is 17.0. The van der Waals surface area contributed by atoms with Gasteiger partial charge in [-0.05, 0) is 25.0 Å². The molecule has 0 aromatic carbocycles. The number of aliphatic hydroxyl groups is 1. The number of rotatable bonds is 29. The van der Waals surface area contributed by atoms with Crippen LogP contribution in [-0.4, -0.2) is 174 Å². The number of aliphatic hydroxyl groups excluding tert-OH is 1. The monoisotopic (exact) mass is 689 g/mol. The van der Waals surface area contributed by atoms with Gasteiger partial charge in [-0.15, -0.1) is 0 Å². The maximum Gasteiger partial charge on any atom is 0.220 e. The molecule has 4 saturated heterocycles. The lowest BCUT2D eigenvalue weighted by Crippen LogP contribution is -2.50. The van der Waals surface area contributed by atoms with Crippen molar-refractivity contribution in [3.05, 3.63) is 0 Å². The summed E-state index contributed by atoms with van der Waals surface area (Å²) in [6.45, 7) is 18.2. The molecule has 1 amide bonds. The first kappa shape index (κ1) is 39.2. The Morgan fingerprint density at radius 1 is 0.894 bits per heavy atom. The topological polar surface area (TPSA) is 130 Å². The highest BCUT2D eigenvalue weighted by atomic mass is 32.2. The van der Waals surface area contributed by atoms with Gasteiger partial charge in [0.1, 0.15) is 18.3 Å². The van der Waals surface area contributed by atoms with Crippen LogP contribution in [0.25, 0.3) is 0 Å². The van der Waals surface area contributed by atoms with E-state index in [1.165, 1.54) is 19.3 Å². The van der Waals surface area contributed by atoms with Crippen LogP contribution in [0.4, 0.5) is 0 Å². The van der Waals surface area contributed by atoms with Gasteiger partial charge in [-0.1, -0.05) is 27.2 Å². The summed E-state index contributed by atoms with van der Waals surface area (Å²) in [5, 5.41) is 13.9. The second-order valence-corrected chi connectivity index (χ2v) is 15.8. The van der Waals surface area contributed by atoms with Crippen LogP contribution < -0.4 is 5.32 Å². The van der Waals surface area contributed by atoms with Crippen LogP contribution in [-0.2, 0) is 38.0 Å². The number of carbonyl (C=O) groups is 1. The summed E-state index contributed by atoms with van der Waals surface area (Å²) in [7, 11) is 0. The molecule has 4 rings (SSSR count). The van der Waals surface area contributed by atoms with E-state index in [1.54, 1.807) is 0 Å². The Morgan fingerprint density at radius 2 is 1.43 bits per heavy atom. The fourth-order valence-electron chi connectivity index (χ4n) is 5.79. The Hall–Kier alpha value is -0.580. The number of nitrogens with zero attached hydrogens (tertiary/aromatic N) is 2. The minimum Gasteiger partial charge on any atom is -0.389 e. The smallest absolute Gasteiger partial charge is 0.220 e. The minimum absolute atomic E-state index is 0.153. The first-order valence-electron chi connectivity index (χ1n) is 18.0. The number of nitrogens with one attached hydrogen (secondary N) is 1. The van der Waals surface area contributed by atoms with E-state index in [0.29, 0.717) is 70.5 Å². The van der Waals surface area contributed by atoms with Gasteiger partial charge in [0.25, 0.3) is 0 Å². The number of ether oxygens (including phenoxy) is 7. The average Bonchev–Trinajstić information content (AvgIpc) is 3.89. The third-order valence-electron chi connectivity index (χ3n) is 9.27. The van der Waals surface area contributed by atoms with E-state index in [0.717, 1.165) is 64.7 Å². The van der Waals surface area contributed by atoms with E-state index in [2.05, 4.69) is 35.9 Å². The molecular formula is C34H63N3O9S. The van der Waals surface area contributed by atoms with E-state index in [1.807, 2.05) is 11.8 Å². The molecule has 0 spiro atoms. The number of amides is 1. The first-order chi connectivity index (χ1) is 22.8. The van der Waals surface area contributed by atoms with Crippen molar-refractivity contribution in [3.63, 3.8) is 0 Å². The zero-order valence-electron chi connectivity index (χ0n) is 29.3. The summed E-state index contributed by atoms with van der Waals surface area (Å²) >= 11 is 2.02. The van der Waals surface area contributed by atoms with Crippen molar-refractivity contribution in [1.29, 1.82) is 0 Å². The molecule has 0 aliphatic carbocycles. The van der Waals surface area contributed by atoms with Crippen LogP contribution in [0.15, 0.2) is 0 Å². The van der Waals surface area contributed by atoms with E-state index < -0.39 is 11.5 Å². The zero-order valence-corrected chi connectivity index (χ0v) is 30.1. The van der Waals surface area contributed by atoms with E-state index >= 15 is 0 Å². The quantitative estimate of drug-likeness (QED) is 0.0878. The summed E-state index contributed by atoms with van der Waals surface area (Å²) in [5.74, 6) is 1.19. The Labute approximate surface area is 287 Å². The molecule has 4 aliphatic rings. The molecule has 5 unspecified atom stereocenters. The van der Waals surface area contributed by atoms with Crippen molar-refractivity contribution in [2.75, 3.05) is 124 Å². The Bertz CT molecular complexity index is 826. The molecule has 5 atom stereocenters. The molecule has 13 heteroatoms. The van der Waals surface area contributed by atoms with Gasteiger partial charge in [0.2, 0.25) is 5.91 Å². The molecule has 0 bridgehead atoms. The van der Waals surface area contributed by atoms with E-state index in [4.69, 9.17) is 33.2 Å². The number of piperazine rings is 1. The molecular weight excluding hydrogens is 626 g/mol. The predicted octanol–water partition coefficient (Wildman–Crippen LogP) is 1.81. The lowest BCUT2D eigenvalue weighted by Gasteiger charge is -2.36. The van der Waals surface area contributed by atoms with Crippen LogP contribution in [0.3, 0.4) is 0 Å². The van der Waals surface area contributed by atoms with Crippen LogP contribution in [0, 0.1) is 5.41 Å². The molecule has 2 N–H and O–H groups in total. The molecule has 4 heterocycles. The molecule has 0 aromatic heterocycles. The zero-order chi connectivity index (χ0) is 33.4. The van der Waals surface area contributed by atoms with Crippen molar-refractivity contribution in [1.82, 2.24) is 15.1 Å². The predicted molar refractivity (Wildman–Crippen MR) is 182 cm³/mol. The molecule has 0 radical (unpaired) electrons. The van der Waals surface area contributed by atoms with E-state index in [-0.39, 0.29) is 30.8 Å². The van der Waals surface area contributed by atoms with Gasteiger partial charge < -0.3 is 43.6 Å². The summed E-state index contributed by atoms with van der Waals surface area (Å²) < 4.78 is 40.4. The highest BCUT2D eigenvalue weighted by Crippen LogP contribution is 2.33. The number of hydrogen-bond donors (Lipinski definition) is 2. The molecule has 0 aromatic rings. The Balaban J connectivity index is 1.08. The van der Waals surface area contributed by atoms with Gasteiger partial charge in [0, 0.05) is 57.0 Å². The third kappa shape index (κ3) is 16.8. The Morgan fingerprint density at radius 3 is 1.94 bits per heavy atom. The lowest BCUT2D eigenvalue weighted by molar-refractivity contribution is -0.121. The van der Waals surface area contributed by atoms with Gasteiger partial charge in [0.05, 0.1) is 84.2 Å². The van der Waals surface area contributed by atoms with Gasteiger partial charge in [-0.25, -0.2) is 0 Å². The third-order valence-corrected chi connectivity index (χ3v) is 11.0. The van der Waals surface area contributed by atoms with Crippen molar-refractivity contribution in [2.24, 2.45) is 5.41 Å². The molecule has 4 fully saturated rings. The van der Waals surface area contributed by atoms with Crippen LogP contribution >= 0.6 is 11.8 Å². The number of carbonyl (C=O) groups excluding carboxylic acids is 1. The summed E-state index contributed by atoms with van der Waals surface area (Å²) in [6, 6.07) is 0. The van der Waals surface area contributed by atoms with Gasteiger partial charge in [-0.2, -0.15) is 11.8 Å². The van der Waals surface area contributed by atoms with Crippen molar-refractivity contribution in [3.8, 4) is 0 Å². The van der Waals surface area contributed by atoms with Crippen LogP contribution in [0.2, 0.25) is 0 Å². The molecule has 12 nitrogen and oxygen atoms in total. The van der Waals surface area contributed by atoms with Crippen molar-refractivity contribution in [2.45, 2.75) is 82.0 Å². The lowest BCUT2D eigenvalue weighted by atomic mass is 9.92. The molecule has 4 aliphatic heterocycles. The highest BCUT2D eigenvalue weighted by molar-refractivity contribution is 8.00. The number of β-amino-alcohol motifs (C(OH)–C–C–N with tert-alkyl or cyclic N) is 1. The van der Waals surface area contributed by atoms with Gasteiger partial charge >= 0.3 is 0 Å². The van der Waals surface area contributed by atoms with Crippen LogP contribution in [0.5, 0.6) is 0 Å². The van der Waals surface area contributed by atoms with Crippen molar-refractivity contribution >= 4 is 17.7 Å². The molecule has 0 saturated carbocycles. The fraction of sp³-hybridized carbons (Fsp3) is 0.971. The molecule has 47 heavy (non-hydrogen) atoms. The number of thioether (sulfide) groups is 1. The highest BCUT2D eigenvalue weighted by Gasteiger charge is 2.36. The summed E-state index contributed by atoms with van der Waals surface area (Å²) in [5.41, 5.74) is -0.510. The maximum atomic E-state index is 12.3. The standard InChI is InChI=1S/C34H63N3O9S/c1-4-8-33(3,5-2)47-15-6-7-32(39)35-9-10-36-11-13-37(14-12-36)16-28(38)17-40-24-34(25-41-18-29-21-44-29,26-42-19-30-22-45-30)27-43-20-31-23-46-31/h28-31,38H,4-27H2,1-3H3,(H,35,39). The van der Waals surface area contributed by atoms with Crippen LogP contribution in [0.1, 0.15) is 52.9 Å². The SMILES string of the molecule is CCCC(C)(CC)SCCCC(=O)NCCN1CCN(CC(O)COCC(COCC2CO2)(COCC2CO2)COCC2CO2)CC1.